The number of carbonyl (C=O) groups is 5. The van der Waals surface area contributed by atoms with Crippen LogP contribution in [0.4, 0.5) is 0 Å². The van der Waals surface area contributed by atoms with Crippen molar-refractivity contribution in [1.29, 1.82) is 0 Å². The van der Waals surface area contributed by atoms with E-state index < -0.39 is 54.3 Å². The number of unbranched alkanes of at least 4 members (excludes halogenated alkanes) is 1. The maximum absolute atomic E-state index is 13.0. The fraction of sp³-hybridized carbons (Fsp3) is 0.762. The molecule has 1 aliphatic heterocycles. The summed E-state index contributed by atoms with van der Waals surface area (Å²) < 4.78 is 0. The van der Waals surface area contributed by atoms with Crippen LogP contribution in [0.2, 0.25) is 0 Å². The molecular weight excluding hydrogens is 432 g/mol. The second-order valence-corrected chi connectivity index (χ2v) is 8.76. The average Bonchev–Trinajstić information content (AvgIpc) is 3.26. The molecule has 4 unspecified atom stereocenters. The maximum atomic E-state index is 13.0. The summed E-state index contributed by atoms with van der Waals surface area (Å²) in [5.41, 5.74) is 10.8. The van der Waals surface area contributed by atoms with Gasteiger partial charge in [0.2, 0.25) is 23.6 Å². The van der Waals surface area contributed by atoms with Gasteiger partial charge in [-0.05, 0) is 57.5 Å². The summed E-state index contributed by atoms with van der Waals surface area (Å²) in [6.07, 6.45) is 2.66. The van der Waals surface area contributed by atoms with Crippen molar-refractivity contribution in [3.63, 3.8) is 0 Å². The SMILES string of the molecule is CC(C)CC(NC(=O)C(CC(N)=O)NC(=O)C(CCCCN)NC(=O)C1CCCN1)C(=O)O. The minimum atomic E-state index is -1.37. The van der Waals surface area contributed by atoms with Crippen LogP contribution >= 0.6 is 0 Å². The molecule has 0 aromatic rings. The number of amides is 4. The molecular formula is C21H38N6O6. The number of nitrogens with two attached hydrogens (primary N) is 2. The Kier molecular flexibility index (Phi) is 12.4. The fourth-order valence-corrected chi connectivity index (χ4v) is 3.59. The highest BCUT2D eigenvalue weighted by Gasteiger charge is 2.32. The van der Waals surface area contributed by atoms with Gasteiger partial charge in [-0.1, -0.05) is 13.8 Å². The van der Waals surface area contributed by atoms with Gasteiger partial charge in [0, 0.05) is 0 Å². The van der Waals surface area contributed by atoms with Gasteiger partial charge in [-0.25, -0.2) is 4.79 Å². The Balaban J connectivity index is 2.91. The lowest BCUT2D eigenvalue weighted by atomic mass is 10.0. The van der Waals surface area contributed by atoms with Crippen molar-refractivity contribution in [3.8, 4) is 0 Å². The molecule has 0 aromatic heterocycles. The molecule has 0 aliphatic carbocycles. The third kappa shape index (κ3) is 10.6. The second kappa shape index (κ2) is 14.4. The Labute approximate surface area is 194 Å². The lowest BCUT2D eigenvalue weighted by Crippen LogP contribution is -2.57. The first kappa shape index (κ1) is 28.3. The van der Waals surface area contributed by atoms with E-state index in [1.165, 1.54) is 0 Å². The van der Waals surface area contributed by atoms with Crippen molar-refractivity contribution >= 4 is 29.6 Å². The molecule has 12 heteroatoms. The summed E-state index contributed by atoms with van der Waals surface area (Å²) >= 11 is 0. The smallest absolute Gasteiger partial charge is 0.326 e. The topological polar surface area (TPSA) is 206 Å². The summed E-state index contributed by atoms with van der Waals surface area (Å²) in [6.45, 7) is 4.74. The van der Waals surface area contributed by atoms with Gasteiger partial charge in [0.05, 0.1) is 12.5 Å². The van der Waals surface area contributed by atoms with Crippen LogP contribution in [0.5, 0.6) is 0 Å². The van der Waals surface area contributed by atoms with Gasteiger partial charge in [-0.2, -0.15) is 0 Å². The van der Waals surface area contributed by atoms with E-state index >= 15 is 0 Å². The van der Waals surface area contributed by atoms with Gasteiger partial charge < -0.3 is 37.8 Å². The van der Waals surface area contributed by atoms with Gasteiger partial charge in [-0.3, -0.25) is 19.2 Å². The maximum Gasteiger partial charge on any atom is 0.326 e. The van der Waals surface area contributed by atoms with Crippen molar-refractivity contribution < 1.29 is 29.1 Å². The molecule has 1 rings (SSSR count). The normalized spacial score (nSPS) is 18.2. The van der Waals surface area contributed by atoms with Crippen LogP contribution in [0.25, 0.3) is 0 Å². The van der Waals surface area contributed by atoms with Crippen molar-refractivity contribution in [1.82, 2.24) is 21.3 Å². The minimum absolute atomic E-state index is 0.0121. The molecule has 0 bridgehead atoms. The fourth-order valence-electron chi connectivity index (χ4n) is 3.59. The number of hydrogen-bond donors (Lipinski definition) is 7. The number of carboxylic acid groups (broad SMARTS) is 1. The Hall–Kier alpha value is -2.73. The van der Waals surface area contributed by atoms with Crippen LogP contribution in [0, 0.1) is 5.92 Å². The summed E-state index contributed by atoms with van der Waals surface area (Å²) in [5.74, 6) is -3.89. The Morgan fingerprint density at radius 3 is 2.15 bits per heavy atom. The predicted octanol–water partition coefficient (Wildman–Crippen LogP) is -1.67. The third-order valence-corrected chi connectivity index (χ3v) is 5.32. The lowest BCUT2D eigenvalue weighted by Gasteiger charge is -2.25. The lowest BCUT2D eigenvalue weighted by molar-refractivity contribution is -0.143. The number of carboxylic acids is 1. The van der Waals surface area contributed by atoms with Crippen LogP contribution in [-0.2, 0) is 24.0 Å². The molecule has 33 heavy (non-hydrogen) atoms. The third-order valence-electron chi connectivity index (χ3n) is 5.32. The van der Waals surface area contributed by atoms with Gasteiger partial charge in [0.15, 0.2) is 0 Å². The Bertz CT molecular complexity index is 695. The zero-order chi connectivity index (χ0) is 25.0. The molecule has 1 saturated heterocycles. The minimum Gasteiger partial charge on any atom is -0.480 e. The number of aliphatic carboxylic acids is 1. The molecule has 0 aromatic carbocycles. The average molecular weight is 471 g/mol. The molecule has 9 N–H and O–H groups in total. The first-order valence-corrected chi connectivity index (χ1v) is 11.4. The van der Waals surface area contributed by atoms with E-state index in [1.54, 1.807) is 13.8 Å². The molecule has 0 saturated carbocycles. The Morgan fingerprint density at radius 2 is 1.64 bits per heavy atom. The van der Waals surface area contributed by atoms with Crippen LogP contribution in [-0.4, -0.2) is 72.0 Å². The standard InChI is InChI=1S/C21H38N6O6/c1-12(2)10-16(21(32)33)27-20(31)15(11-17(23)28)26-19(30)14(6-3-4-8-22)25-18(29)13-7-5-9-24-13/h12-16,24H,3-11,22H2,1-2H3,(H2,23,28)(H,25,29)(H,26,30)(H,27,31)(H,32,33). The van der Waals surface area contributed by atoms with E-state index in [-0.39, 0.29) is 24.7 Å². The van der Waals surface area contributed by atoms with Crippen molar-refractivity contribution in [3.05, 3.63) is 0 Å². The zero-order valence-electron chi connectivity index (χ0n) is 19.4. The summed E-state index contributed by atoms with van der Waals surface area (Å²) in [6, 6.07) is -3.90. The van der Waals surface area contributed by atoms with E-state index in [0.29, 0.717) is 32.4 Å². The quantitative estimate of drug-likeness (QED) is 0.137. The molecule has 12 nitrogen and oxygen atoms in total. The largest absolute Gasteiger partial charge is 0.480 e. The van der Waals surface area contributed by atoms with Crippen LogP contribution < -0.4 is 32.7 Å². The monoisotopic (exact) mass is 470 g/mol. The highest BCUT2D eigenvalue weighted by atomic mass is 16.4. The molecule has 0 radical (unpaired) electrons. The van der Waals surface area contributed by atoms with Gasteiger partial charge in [-0.15, -0.1) is 0 Å². The number of rotatable bonds is 15. The van der Waals surface area contributed by atoms with E-state index in [1.807, 2.05) is 0 Å². The number of nitrogens with one attached hydrogen (secondary N) is 4. The van der Waals surface area contributed by atoms with Gasteiger partial charge >= 0.3 is 5.97 Å². The van der Waals surface area contributed by atoms with Gasteiger partial charge in [0.1, 0.15) is 18.1 Å². The molecule has 188 valence electrons. The predicted molar refractivity (Wildman–Crippen MR) is 121 cm³/mol. The Morgan fingerprint density at radius 1 is 1.00 bits per heavy atom. The molecule has 1 fully saturated rings. The van der Waals surface area contributed by atoms with E-state index in [0.717, 1.165) is 6.42 Å². The second-order valence-electron chi connectivity index (χ2n) is 8.76. The molecule has 4 atom stereocenters. The highest BCUT2D eigenvalue weighted by Crippen LogP contribution is 2.09. The molecule has 1 heterocycles. The molecule has 0 spiro atoms. The summed E-state index contributed by atoms with van der Waals surface area (Å²) in [7, 11) is 0. The van der Waals surface area contributed by atoms with E-state index in [4.69, 9.17) is 11.5 Å². The highest BCUT2D eigenvalue weighted by molar-refractivity contribution is 5.96. The first-order chi connectivity index (χ1) is 15.5. The van der Waals surface area contributed by atoms with E-state index in [2.05, 4.69) is 21.3 Å². The van der Waals surface area contributed by atoms with Crippen molar-refractivity contribution in [2.45, 2.75) is 83.0 Å². The number of carbonyl (C=O) groups excluding carboxylic acids is 4. The van der Waals surface area contributed by atoms with Gasteiger partial charge in [0.25, 0.3) is 0 Å². The van der Waals surface area contributed by atoms with Crippen molar-refractivity contribution in [2.75, 3.05) is 13.1 Å². The van der Waals surface area contributed by atoms with Crippen LogP contribution in [0.15, 0.2) is 0 Å². The number of hydrogen-bond acceptors (Lipinski definition) is 7. The van der Waals surface area contributed by atoms with Crippen LogP contribution in [0.3, 0.4) is 0 Å². The van der Waals surface area contributed by atoms with Crippen LogP contribution in [0.1, 0.15) is 58.8 Å². The summed E-state index contributed by atoms with van der Waals surface area (Å²) in [5, 5.41) is 19.9. The first-order valence-electron chi connectivity index (χ1n) is 11.4. The van der Waals surface area contributed by atoms with Crippen molar-refractivity contribution in [2.24, 2.45) is 17.4 Å². The summed E-state index contributed by atoms with van der Waals surface area (Å²) in [4.78, 5) is 61.2. The number of primary amides is 1. The molecule has 4 amide bonds. The molecule has 1 aliphatic rings. The van der Waals surface area contributed by atoms with E-state index in [9.17, 15) is 29.1 Å². The zero-order valence-corrected chi connectivity index (χ0v) is 19.4.